The first-order valence-corrected chi connectivity index (χ1v) is 7.86. The molecule has 22 heavy (non-hydrogen) atoms. The van der Waals surface area contributed by atoms with Gasteiger partial charge in [-0.1, -0.05) is 30.3 Å². The molecule has 0 aliphatic heterocycles. The SMILES string of the molecule is CCN(CC)c1ccc(C(=O)N[C@@H](C)c2ccccc2)cc1. The first-order chi connectivity index (χ1) is 10.7. The van der Waals surface area contributed by atoms with Gasteiger partial charge >= 0.3 is 0 Å². The number of amides is 1. The Labute approximate surface area is 133 Å². The summed E-state index contributed by atoms with van der Waals surface area (Å²) in [6.07, 6.45) is 0. The highest BCUT2D eigenvalue weighted by atomic mass is 16.1. The van der Waals surface area contributed by atoms with E-state index in [1.807, 2.05) is 61.5 Å². The Bertz CT molecular complexity index is 589. The summed E-state index contributed by atoms with van der Waals surface area (Å²) in [6, 6.07) is 17.8. The quantitative estimate of drug-likeness (QED) is 0.873. The first-order valence-electron chi connectivity index (χ1n) is 7.86. The summed E-state index contributed by atoms with van der Waals surface area (Å²) in [5.41, 5.74) is 2.95. The number of carbonyl (C=O) groups excluding carboxylic acids is 1. The molecule has 2 rings (SSSR count). The topological polar surface area (TPSA) is 32.3 Å². The average Bonchev–Trinajstić information content (AvgIpc) is 2.57. The van der Waals surface area contributed by atoms with Gasteiger partial charge in [0.2, 0.25) is 0 Å². The number of nitrogens with zero attached hydrogens (tertiary/aromatic N) is 1. The molecule has 1 atom stereocenters. The second-order valence-corrected chi connectivity index (χ2v) is 5.32. The average molecular weight is 296 g/mol. The zero-order chi connectivity index (χ0) is 15.9. The van der Waals surface area contributed by atoms with E-state index >= 15 is 0 Å². The molecule has 0 unspecified atom stereocenters. The summed E-state index contributed by atoms with van der Waals surface area (Å²) in [4.78, 5) is 14.6. The van der Waals surface area contributed by atoms with Crippen LogP contribution in [0.4, 0.5) is 5.69 Å². The van der Waals surface area contributed by atoms with Crippen LogP contribution in [0.25, 0.3) is 0 Å². The Hall–Kier alpha value is -2.29. The minimum absolute atomic E-state index is 0.00356. The highest BCUT2D eigenvalue weighted by molar-refractivity contribution is 5.94. The van der Waals surface area contributed by atoms with Crippen LogP contribution in [0.15, 0.2) is 54.6 Å². The van der Waals surface area contributed by atoms with Crippen LogP contribution in [0.2, 0.25) is 0 Å². The second-order valence-electron chi connectivity index (χ2n) is 5.32. The van der Waals surface area contributed by atoms with Gasteiger partial charge < -0.3 is 10.2 Å². The second kappa shape index (κ2) is 7.64. The van der Waals surface area contributed by atoms with Gasteiger partial charge in [-0.05, 0) is 50.6 Å². The van der Waals surface area contributed by atoms with Crippen LogP contribution in [-0.2, 0) is 0 Å². The Balaban J connectivity index is 2.04. The summed E-state index contributed by atoms with van der Waals surface area (Å²) >= 11 is 0. The fourth-order valence-corrected chi connectivity index (χ4v) is 2.52. The maximum Gasteiger partial charge on any atom is 0.251 e. The lowest BCUT2D eigenvalue weighted by Crippen LogP contribution is -2.27. The number of nitrogens with one attached hydrogen (secondary N) is 1. The van der Waals surface area contributed by atoms with Crippen molar-refractivity contribution in [1.82, 2.24) is 5.32 Å². The first kappa shape index (κ1) is 16.1. The highest BCUT2D eigenvalue weighted by Gasteiger charge is 2.11. The van der Waals surface area contributed by atoms with Crippen molar-refractivity contribution in [3.63, 3.8) is 0 Å². The third-order valence-electron chi connectivity index (χ3n) is 3.91. The standard InChI is InChI=1S/C19H24N2O/c1-4-21(5-2)18-13-11-17(12-14-18)19(22)20-15(3)16-9-7-6-8-10-16/h6-15H,4-5H2,1-3H3,(H,20,22)/t15-/m0/s1. The lowest BCUT2D eigenvalue weighted by atomic mass is 10.1. The third-order valence-corrected chi connectivity index (χ3v) is 3.91. The van der Waals surface area contributed by atoms with Crippen LogP contribution < -0.4 is 10.2 Å². The predicted octanol–water partition coefficient (Wildman–Crippen LogP) is 4.02. The van der Waals surface area contributed by atoms with Gasteiger partial charge in [0.25, 0.3) is 5.91 Å². The lowest BCUT2D eigenvalue weighted by Gasteiger charge is -2.21. The predicted molar refractivity (Wildman–Crippen MR) is 92.3 cm³/mol. The summed E-state index contributed by atoms with van der Waals surface area (Å²) in [5, 5.41) is 3.04. The van der Waals surface area contributed by atoms with E-state index in [1.54, 1.807) is 0 Å². The number of hydrogen-bond acceptors (Lipinski definition) is 2. The van der Waals surface area contributed by atoms with Gasteiger partial charge in [-0.25, -0.2) is 0 Å². The van der Waals surface area contributed by atoms with E-state index in [2.05, 4.69) is 24.1 Å². The van der Waals surface area contributed by atoms with Crippen LogP contribution in [0.5, 0.6) is 0 Å². The molecule has 2 aromatic rings. The summed E-state index contributed by atoms with van der Waals surface area (Å²) < 4.78 is 0. The van der Waals surface area contributed by atoms with Crippen molar-refractivity contribution >= 4 is 11.6 Å². The normalized spacial score (nSPS) is 11.8. The number of benzene rings is 2. The van der Waals surface area contributed by atoms with Crippen LogP contribution in [-0.4, -0.2) is 19.0 Å². The maximum atomic E-state index is 12.3. The van der Waals surface area contributed by atoms with E-state index in [0.29, 0.717) is 5.56 Å². The Morgan fingerprint density at radius 3 is 2.14 bits per heavy atom. The zero-order valence-electron chi connectivity index (χ0n) is 13.5. The van der Waals surface area contributed by atoms with E-state index in [4.69, 9.17) is 0 Å². The fraction of sp³-hybridized carbons (Fsp3) is 0.316. The summed E-state index contributed by atoms with van der Waals surface area (Å²) in [7, 11) is 0. The molecule has 0 radical (unpaired) electrons. The molecule has 0 bridgehead atoms. The highest BCUT2D eigenvalue weighted by Crippen LogP contribution is 2.16. The molecule has 2 aromatic carbocycles. The van der Waals surface area contributed by atoms with Crippen molar-refractivity contribution in [2.75, 3.05) is 18.0 Å². The van der Waals surface area contributed by atoms with Crippen LogP contribution in [0.3, 0.4) is 0 Å². The number of rotatable bonds is 6. The monoisotopic (exact) mass is 296 g/mol. The largest absolute Gasteiger partial charge is 0.372 e. The molecule has 3 heteroatoms. The van der Waals surface area contributed by atoms with Gasteiger partial charge in [0, 0.05) is 24.3 Å². The van der Waals surface area contributed by atoms with E-state index < -0.39 is 0 Å². The third kappa shape index (κ3) is 3.88. The van der Waals surface area contributed by atoms with E-state index in [1.165, 1.54) is 0 Å². The lowest BCUT2D eigenvalue weighted by molar-refractivity contribution is 0.0940. The molecular formula is C19H24N2O. The van der Waals surface area contributed by atoms with Crippen molar-refractivity contribution in [3.05, 3.63) is 65.7 Å². The molecule has 1 amide bonds. The van der Waals surface area contributed by atoms with Gasteiger partial charge in [-0.2, -0.15) is 0 Å². The number of carbonyl (C=O) groups is 1. The molecular weight excluding hydrogens is 272 g/mol. The molecule has 3 nitrogen and oxygen atoms in total. The van der Waals surface area contributed by atoms with Gasteiger partial charge in [0.15, 0.2) is 0 Å². The molecule has 1 N–H and O–H groups in total. The van der Waals surface area contributed by atoms with Crippen molar-refractivity contribution in [1.29, 1.82) is 0 Å². The number of hydrogen-bond donors (Lipinski definition) is 1. The minimum atomic E-state index is -0.0394. The van der Waals surface area contributed by atoms with Gasteiger partial charge in [-0.3, -0.25) is 4.79 Å². The Morgan fingerprint density at radius 2 is 1.59 bits per heavy atom. The number of anilines is 1. The van der Waals surface area contributed by atoms with Gasteiger partial charge in [-0.15, -0.1) is 0 Å². The van der Waals surface area contributed by atoms with E-state index in [9.17, 15) is 4.79 Å². The van der Waals surface area contributed by atoms with Crippen LogP contribution in [0, 0.1) is 0 Å². The zero-order valence-corrected chi connectivity index (χ0v) is 13.5. The van der Waals surface area contributed by atoms with Crippen molar-refractivity contribution in [3.8, 4) is 0 Å². The van der Waals surface area contributed by atoms with Gasteiger partial charge in [0.1, 0.15) is 0 Å². The van der Waals surface area contributed by atoms with Crippen LogP contribution in [0.1, 0.15) is 42.7 Å². The summed E-state index contributed by atoms with van der Waals surface area (Å²) in [5.74, 6) is -0.0394. The van der Waals surface area contributed by atoms with Crippen molar-refractivity contribution in [2.24, 2.45) is 0 Å². The molecule has 0 saturated heterocycles. The van der Waals surface area contributed by atoms with Gasteiger partial charge in [0.05, 0.1) is 6.04 Å². The molecule has 116 valence electrons. The Morgan fingerprint density at radius 1 is 1.00 bits per heavy atom. The summed E-state index contributed by atoms with van der Waals surface area (Å²) in [6.45, 7) is 8.19. The van der Waals surface area contributed by atoms with E-state index in [-0.39, 0.29) is 11.9 Å². The van der Waals surface area contributed by atoms with Crippen molar-refractivity contribution in [2.45, 2.75) is 26.8 Å². The molecule has 0 fully saturated rings. The minimum Gasteiger partial charge on any atom is -0.372 e. The van der Waals surface area contributed by atoms with E-state index in [0.717, 1.165) is 24.3 Å². The molecule has 0 aromatic heterocycles. The fourth-order valence-electron chi connectivity index (χ4n) is 2.52. The van der Waals surface area contributed by atoms with Crippen molar-refractivity contribution < 1.29 is 4.79 Å². The Kier molecular flexibility index (Phi) is 5.59. The molecule has 0 heterocycles. The molecule has 0 spiro atoms. The molecule has 0 saturated carbocycles. The maximum absolute atomic E-state index is 12.3. The van der Waals surface area contributed by atoms with Crippen LogP contribution >= 0.6 is 0 Å². The smallest absolute Gasteiger partial charge is 0.251 e. The molecule has 0 aliphatic rings. The molecule has 0 aliphatic carbocycles.